The second-order valence-electron chi connectivity index (χ2n) is 7.61. The van der Waals surface area contributed by atoms with Crippen LogP contribution in [0.3, 0.4) is 0 Å². The number of rotatable bonds is 6. The summed E-state index contributed by atoms with van der Waals surface area (Å²) >= 11 is 0. The third kappa shape index (κ3) is 4.47. The van der Waals surface area contributed by atoms with E-state index < -0.39 is 0 Å². The first-order valence-electron chi connectivity index (χ1n) is 10.2. The van der Waals surface area contributed by atoms with Crippen LogP contribution in [0.4, 0.5) is 5.69 Å². The highest BCUT2D eigenvalue weighted by Gasteiger charge is 2.17. The Bertz CT molecular complexity index is 1070. The van der Waals surface area contributed by atoms with Crippen LogP contribution in [0.15, 0.2) is 53.5 Å². The third-order valence-electron chi connectivity index (χ3n) is 5.45. The number of amides is 1. The van der Waals surface area contributed by atoms with Crippen LogP contribution >= 0.6 is 0 Å². The van der Waals surface area contributed by atoms with Crippen LogP contribution in [0.1, 0.15) is 36.1 Å². The van der Waals surface area contributed by atoms with Crippen molar-refractivity contribution in [3.63, 3.8) is 0 Å². The van der Waals surface area contributed by atoms with Crippen LogP contribution in [0.5, 0.6) is 0 Å². The minimum absolute atomic E-state index is 0.0754. The van der Waals surface area contributed by atoms with Gasteiger partial charge in [0.25, 0.3) is 5.56 Å². The van der Waals surface area contributed by atoms with Gasteiger partial charge >= 0.3 is 0 Å². The molecule has 1 aliphatic heterocycles. The molecule has 0 unspecified atom stereocenters. The summed E-state index contributed by atoms with van der Waals surface area (Å²) in [6.07, 6.45) is 5.32. The fraction of sp³-hybridized carbons (Fsp3) is 0.348. The molecule has 0 atom stereocenters. The Balaban J connectivity index is 1.35. The van der Waals surface area contributed by atoms with Crippen molar-refractivity contribution in [1.29, 1.82) is 0 Å². The molecule has 4 rings (SSSR count). The smallest absolute Gasteiger partial charge is 0.258 e. The zero-order valence-electron chi connectivity index (χ0n) is 16.7. The summed E-state index contributed by atoms with van der Waals surface area (Å²) in [6.45, 7) is 4.25. The Kier molecular flexibility index (Phi) is 5.60. The van der Waals surface area contributed by atoms with Crippen molar-refractivity contribution in [2.75, 3.05) is 18.4 Å². The molecule has 0 saturated carbocycles. The van der Waals surface area contributed by atoms with Crippen LogP contribution in [-0.2, 0) is 17.8 Å². The summed E-state index contributed by atoms with van der Waals surface area (Å²) in [4.78, 5) is 31.0. The van der Waals surface area contributed by atoms with Crippen molar-refractivity contribution in [3.05, 3.63) is 75.8 Å². The third-order valence-corrected chi connectivity index (χ3v) is 5.45. The van der Waals surface area contributed by atoms with Gasteiger partial charge in [-0.05, 0) is 55.5 Å². The number of fused-ring (bicyclic) bond motifs is 1. The van der Waals surface area contributed by atoms with Crippen molar-refractivity contribution < 1.29 is 4.79 Å². The highest BCUT2D eigenvalue weighted by atomic mass is 16.2. The molecule has 1 saturated heterocycles. The predicted octanol–water partition coefficient (Wildman–Crippen LogP) is 3.17. The van der Waals surface area contributed by atoms with Crippen LogP contribution in [0, 0.1) is 6.92 Å². The molecule has 1 aliphatic rings. The highest BCUT2D eigenvalue weighted by molar-refractivity contribution is 5.76. The van der Waals surface area contributed by atoms with E-state index in [2.05, 4.69) is 10.3 Å². The number of anilines is 1. The molecular formula is C23H26N4O2. The maximum Gasteiger partial charge on any atom is 0.258 e. The van der Waals surface area contributed by atoms with Gasteiger partial charge in [0.15, 0.2) is 0 Å². The first-order valence-corrected chi connectivity index (χ1v) is 10.2. The molecule has 2 aromatic heterocycles. The Morgan fingerprint density at radius 1 is 1.14 bits per heavy atom. The first-order chi connectivity index (χ1) is 14.1. The van der Waals surface area contributed by atoms with E-state index in [1.54, 1.807) is 16.7 Å². The molecular weight excluding hydrogens is 364 g/mol. The Morgan fingerprint density at radius 2 is 1.90 bits per heavy atom. The second kappa shape index (κ2) is 8.47. The zero-order chi connectivity index (χ0) is 20.2. The lowest BCUT2D eigenvalue weighted by molar-refractivity contribution is -0.130. The summed E-state index contributed by atoms with van der Waals surface area (Å²) in [5.74, 6) is 0.258. The molecule has 6 heteroatoms. The maximum absolute atomic E-state index is 12.3. The van der Waals surface area contributed by atoms with Gasteiger partial charge in [0, 0.05) is 37.5 Å². The Hall–Kier alpha value is -3.15. The number of pyridine rings is 1. The number of hydrogen-bond donors (Lipinski definition) is 1. The van der Waals surface area contributed by atoms with Gasteiger partial charge in [-0.1, -0.05) is 18.2 Å². The lowest BCUT2D eigenvalue weighted by atomic mass is 10.1. The lowest BCUT2D eigenvalue weighted by Gasteiger charge is -2.15. The number of aromatic nitrogens is 2. The van der Waals surface area contributed by atoms with E-state index in [-0.39, 0.29) is 11.5 Å². The Morgan fingerprint density at radius 3 is 2.66 bits per heavy atom. The number of hydrogen-bond acceptors (Lipinski definition) is 4. The van der Waals surface area contributed by atoms with Crippen molar-refractivity contribution in [3.8, 4) is 0 Å². The monoisotopic (exact) mass is 390 g/mol. The number of nitrogens with one attached hydrogen (secondary N) is 1. The minimum Gasteiger partial charge on any atom is -0.379 e. The summed E-state index contributed by atoms with van der Waals surface area (Å²) < 4.78 is 1.57. The fourth-order valence-corrected chi connectivity index (χ4v) is 3.76. The van der Waals surface area contributed by atoms with Crippen molar-refractivity contribution in [2.24, 2.45) is 0 Å². The molecule has 0 aliphatic carbocycles. The van der Waals surface area contributed by atoms with Gasteiger partial charge in [0.1, 0.15) is 5.65 Å². The lowest BCUT2D eigenvalue weighted by Crippen LogP contribution is -2.27. The van der Waals surface area contributed by atoms with Gasteiger partial charge in [-0.25, -0.2) is 4.98 Å². The molecule has 6 nitrogen and oxygen atoms in total. The molecule has 1 amide bonds. The van der Waals surface area contributed by atoms with Crippen molar-refractivity contribution in [2.45, 2.75) is 39.2 Å². The average molecular weight is 390 g/mol. The topological polar surface area (TPSA) is 66.7 Å². The Labute approximate surface area is 170 Å². The molecule has 3 heterocycles. The summed E-state index contributed by atoms with van der Waals surface area (Å²) in [5, 5.41) is 3.32. The minimum atomic E-state index is -0.0754. The van der Waals surface area contributed by atoms with Crippen molar-refractivity contribution in [1.82, 2.24) is 14.3 Å². The van der Waals surface area contributed by atoms with E-state index in [9.17, 15) is 9.59 Å². The van der Waals surface area contributed by atoms with Crippen LogP contribution in [0.2, 0.25) is 0 Å². The number of nitrogens with zero attached hydrogens (tertiary/aromatic N) is 3. The first kappa shape index (κ1) is 19.2. The predicted molar refractivity (Wildman–Crippen MR) is 114 cm³/mol. The van der Waals surface area contributed by atoms with E-state index in [4.69, 9.17) is 0 Å². The molecule has 1 aromatic carbocycles. The molecule has 0 spiro atoms. The summed E-state index contributed by atoms with van der Waals surface area (Å²) in [5.41, 5.74) is 4.42. The van der Waals surface area contributed by atoms with E-state index in [0.29, 0.717) is 24.3 Å². The molecule has 1 N–H and O–H groups in total. The zero-order valence-corrected chi connectivity index (χ0v) is 16.7. The molecule has 29 heavy (non-hydrogen) atoms. The molecule has 3 aromatic rings. The molecule has 0 radical (unpaired) electrons. The van der Waals surface area contributed by atoms with Crippen molar-refractivity contribution >= 4 is 17.2 Å². The quantitative estimate of drug-likeness (QED) is 0.702. The number of benzene rings is 1. The number of likely N-dealkylation sites (tertiary alicyclic amines) is 1. The van der Waals surface area contributed by atoms with Crippen LogP contribution < -0.4 is 10.9 Å². The number of carbonyl (C=O) groups excluding carboxylic acids is 1. The molecule has 0 bridgehead atoms. The maximum atomic E-state index is 12.3. The van der Waals surface area contributed by atoms with E-state index in [1.165, 1.54) is 0 Å². The van der Waals surface area contributed by atoms with Gasteiger partial charge in [0.05, 0.1) is 12.2 Å². The largest absolute Gasteiger partial charge is 0.379 e. The van der Waals surface area contributed by atoms with E-state index in [1.807, 2.05) is 48.2 Å². The van der Waals surface area contributed by atoms with E-state index >= 15 is 0 Å². The summed E-state index contributed by atoms with van der Waals surface area (Å²) in [7, 11) is 0. The number of carbonyl (C=O) groups is 1. The van der Waals surface area contributed by atoms with Crippen LogP contribution in [0.25, 0.3) is 5.65 Å². The summed E-state index contributed by atoms with van der Waals surface area (Å²) in [6, 6.07) is 13.5. The van der Waals surface area contributed by atoms with E-state index in [0.717, 1.165) is 49.2 Å². The van der Waals surface area contributed by atoms with Gasteiger partial charge in [0.2, 0.25) is 5.91 Å². The second-order valence-corrected chi connectivity index (χ2v) is 7.61. The normalized spacial score (nSPS) is 13.8. The molecule has 1 fully saturated rings. The average Bonchev–Trinajstić information content (AvgIpc) is 3.27. The number of aryl methyl sites for hydroxylation is 2. The van der Waals surface area contributed by atoms with Gasteiger partial charge in [-0.2, -0.15) is 0 Å². The highest BCUT2D eigenvalue weighted by Crippen LogP contribution is 2.15. The van der Waals surface area contributed by atoms with Gasteiger partial charge < -0.3 is 10.2 Å². The van der Waals surface area contributed by atoms with Gasteiger partial charge in [-0.15, -0.1) is 0 Å². The fourth-order valence-electron chi connectivity index (χ4n) is 3.76. The van der Waals surface area contributed by atoms with Gasteiger partial charge in [-0.3, -0.25) is 14.0 Å². The SMILES string of the molecule is Cc1cccn2c(=O)cc(CNc3ccc(CCC(=O)N4CCCC4)cc3)nc12. The molecule has 150 valence electrons. The van der Waals surface area contributed by atoms with Crippen LogP contribution in [-0.4, -0.2) is 33.3 Å². The standard InChI is InChI=1S/C23H26N4O2/c1-17-5-4-14-27-22(29)15-20(25-23(17)27)16-24-19-9-6-18(7-10-19)8-11-21(28)26-12-2-3-13-26/h4-7,9-10,14-15,24H,2-3,8,11-13,16H2,1H3.